The number of fused-ring (bicyclic) bond motifs is 1. The molecule has 0 fully saturated rings. The molecular weight excluding hydrogens is 334 g/mol. The summed E-state index contributed by atoms with van der Waals surface area (Å²) in [4.78, 5) is 43.6. The van der Waals surface area contributed by atoms with Gasteiger partial charge in [-0.25, -0.2) is 4.79 Å². The van der Waals surface area contributed by atoms with Crippen molar-refractivity contribution in [3.8, 4) is 0 Å². The molecule has 0 atom stereocenters. The fourth-order valence-corrected chi connectivity index (χ4v) is 2.32. The van der Waals surface area contributed by atoms with Crippen molar-refractivity contribution in [1.29, 1.82) is 0 Å². The zero-order valence-corrected chi connectivity index (χ0v) is 13.9. The number of aromatic nitrogens is 2. The van der Waals surface area contributed by atoms with Gasteiger partial charge in [-0.1, -0.05) is 12.1 Å². The molecule has 0 radical (unpaired) electrons. The van der Waals surface area contributed by atoms with E-state index in [1.54, 1.807) is 48.7 Å². The standard InChI is InChI=1S/C19H15N3O4/c1-12(23)13-3-2-4-15(9-13)22-18(24)11-26-19(25)14-5-6-16-17(10-14)21-8-7-20-16/h2-10H,11H2,1H3,(H,22,24). The highest BCUT2D eigenvalue weighted by atomic mass is 16.5. The van der Waals surface area contributed by atoms with Crippen molar-refractivity contribution in [3.63, 3.8) is 0 Å². The number of carbonyl (C=O) groups excluding carboxylic acids is 3. The molecule has 0 aliphatic carbocycles. The zero-order chi connectivity index (χ0) is 18.5. The Hall–Kier alpha value is -3.61. The van der Waals surface area contributed by atoms with Crippen molar-refractivity contribution in [2.45, 2.75) is 6.92 Å². The molecule has 130 valence electrons. The van der Waals surface area contributed by atoms with Crippen LogP contribution < -0.4 is 5.32 Å². The van der Waals surface area contributed by atoms with Gasteiger partial charge in [0.25, 0.3) is 5.91 Å². The topological polar surface area (TPSA) is 98.2 Å². The highest BCUT2D eigenvalue weighted by Gasteiger charge is 2.12. The second kappa shape index (κ2) is 7.52. The van der Waals surface area contributed by atoms with E-state index in [9.17, 15) is 14.4 Å². The molecule has 7 nitrogen and oxygen atoms in total. The normalized spacial score (nSPS) is 10.3. The first kappa shape index (κ1) is 17.2. The quantitative estimate of drug-likeness (QED) is 0.562. The van der Waals surface area contributed by atoms with E-state index in [0.29, 0.717) is 22.3 Å². The molecule has 1 aromatic heterocycles. The summed E-state index contributed by atoms with van der Waals surface area (Å²) in [6.07, 6.45) is 3.09. The summed E-state index contributed by atoms with van der Waals surface area (Å²) < 4.78 is 5.02. The number of ketones is 1. The molecule has 2 aromatic carbocycles. The SMILES string of the molecule is CC(=O)c1cccc(NC(=O)COC(=O)c2ccc3nccnc3c2)c1. The van der Waals surface area contributed by atoms with Crippen LogP contribution in [0, 0.1) is 0 Å². The van der Waals surface area contributed by atoms with Crippen LogP contribution in [0.2, 0.25) is 0 Å². The highest BCUT2D eigenvalue weighted by molar-refractivity contribution is 5.99. The van der Waals surface area contributed by atoms with Gasteiger partial charge in [-0.3, -0.25) is 19.6 Å². The lowest BCUT2D eigenvalue weighted by Gasteiger charge is -2.08. The number of hydrogen-bond acceptors (Lipinski definition) is 6. The van der Waals surface area contributed by atoms with Gasteiger partial charge in [0.15, 0.2) is 12.4 Å². The Balaban J connectivity index is 1.60. The molecule has 1 amide bonds. The highest BCUT2D eigenvalue weighted by Crippen LogP contribution is 2.13. The van der Waals surface area contributed by atoms with E-state index in [1.807, 2.05) is 0 Å². The third kappa shape index (κ3) is 4.07. The Bertz CT molecular complexity index is 1000. The first-order valence-electron chi connectivity index (χ1n) is 7.82. The van der Waals surface area contributed by atoms with E-state index >= 15 is 0 Å². The number of nitrogens with zero attached hydrogens (tertiary/aromatic N) is 2. The number of amides is 1. The third-order valence-electron chi connectivity index (χ3n) is 3.59. The Labute approximate surface area is 149 Å². The van der Waals surface area contributed by atoms with Crippen molar-refractivity contribution in [1.82, 2.24) is 9.97 Å². The Morgan fingerprint density at radius 3 is 2.50 bits per heavy atom. The summed E-state index contributed by atoms with van der Waals surface area (Å²) in [6.45, 7) is 0.998. The van der Waals surface area contributed by atoms with Crippen LogP contribution in [-0.4, -0.2) is 34.2 Å². The van der Waals surface area contributed by atoms with Crippen molar-refractivity contribution in [2.24, 2.45) is 0 Å². The van der Waals surface area contributed by atoms with Gasteiger partial charge in [0, 0.05) is 23.6 Å². The summed E-state index contributed by atoms with van der Waals surface area (Å²) in [5.41, 5.74) is 2.45. The Morgan fingerprint density at radius 1 is 0.962 bits per heavy atom. The fourth-order valence-electron chi connectivity index (χ4n) is 2.32. The van der Waals surface area contributed by atoms with Crippen LogP contribution in [0.15, 0.2) is 54.9 Å². The first-order valence-corrected chi connectivity index (χ1v) is 7.82. The maximum Gasteiger partial charge on any atom is 0.338 e. The minimum Gasteiger partial charge on any atom is -0.452 e. The minimum absolute atomic E-state index is 0.105. The molecule has 7 heteroatoms. The number of Topliss-reactive ketones (excluding diaryl/α,β-unsaturated/α-hetero) is 1. The van der Waals surface area contributed by atoms with Crippen LogP contribution in [0.5, 0.6) is 0 Å². The predicted molar refractivity (Wildman–Crippen MR) is 94.9 cm³/mol. The Kier molecular flexibility index (Phi) is 4.98. The number of rotatable bonds is 5. The molecule has 1 heterocycles. The van der Waals surface area contributed by atoms with Crippen LogP contribution in [0.4, 0.5) is 5.69 Å². The van der Waals surface area contributed by atoms with Gasteiger partial charge >= 0.3 is 5.97 Å². The lowest BCUT2D eigenvalue weighted by atomic mass is 10.1. The molecule has 0 saturated carbocycles. The predicted octanol–water partition coefficient (Wildman–Crippen LogP) is 2.63. The molecular formula is C19H15N3O4. The molecule has 0 spiro atoms. The number of ether oxygens (including phenoxy) is 1. The van der Waals surface area contributed by atoms with E-state index in [0.717, 1.165) is 0 Å². The molecule has 26 heavy (non-hydrogen) atoms. The number of carbonyl (C=O) groups is 3. The van der Waals surface area contributed by atoms with E-state index in [4.69, 9.17) is 4.74 Å². The second-order valence-corrected chi connectivity index (χ2v) is 5.52. The maximum atomic E-state index is 12.1. The molecule has 1 N–H and O–H groups in total. The van der Waals surface area contributed by atoms with Crippen LogP contribution in [-0.2, 0) is 9.53 Å². The molecule has 0 bridgehead atoms. The van der Waals surface area contributed by atoms with Crippen molar-refractivity contribution < 1.29 is 19.1 Å². The number of benzene rings is 2. The lowest BCUT2D eigenvalue weighted by Crippen LogP contribution is -2.21. The van der Waals surface area contributed by atoms with Crippen LogP contribution in [0.3, 0.4) is 0 Å². The minimum atomic E-state index is -0.634. The largest absolute Gasteiger partial charge is 0.452 e. The number of esters is 1. The maximum absolute atomic E-state index is 12.1. The summed E-state index contributed by atoms with van der Waals surface area (Å²) in [7, 11) is 0. The molecule has 0 saturated heterocycles. The molecule has 0 aliphatic rings. The number of anilines is 1. The lowest BCUT2D eigenvalue weighted by molar-refractivity contribution is -0.119. The number of nitrogens with one attached hydrogen (secondary N) is 1. The van der Waals surface area contributed by atoms with Gasteiger partial charge in [-0.2, -0.15) is 0 Å². The molecule has 0 unspecified atom stereocenters. The molecule has 3 rings (SSSR count). The van der Waals surface area contributed by atoms with E-state index in [2.05, 4.69) is 15.3 Å². The van der Waals surface area contributed by atoms with Gasteiger partial charge in [0.05, 0.1) is 16.6 Å². The fraction of sp³-hybridized carbons (Fsp3) is 0.105. The summed E-state index contributed by atoms with van der Waals surface area (Å²) in [5, 5.41) is 2.58. The third-order valence-corrected chi connectivity index (χ3v) is 3.59. The smallest absolute Gasteiger partial charge is 0.338 e. The average molecular weight is 349 g/mol. The summed E-state index contributed by atoms with van der Waals surface area (Å²) in [6, 6.07) is 11.3. The number of hydrogen-bond donors (Lipinski definition) is 1. The van der Waals surface area contributed by atoms with Crippen LogP contribution in [0.1, 0.15) is 27.6 Å². The van der Waals surface area contributed by atoms with Crippen LogP contribution in [0.25, 0.3) is 11.0 Å². The van der Waals surface area contributed by atoms with E-state index < -0.39 is 18.5 Å². The molecule has 0 aliphatic heterocycles. The van der Waals surface area contributed by atoms with Gasteiger partial charge in [-0.05, 0) is 37.3 Å². The van der Waals surface area contributed by atoms with Gasteiger partial charge < -0.3 is 10.1 Å². The first-order chi connectivity index (χ1) is 12.5. The average Bonchev–Trinajstić information content (AvgIpc) is 2.66. The van der Waals surface area contributed by atoms with Crippen molar-refractivity contribution in [3.05, 3.63) is 66.0 Å². The van der Waals surface area contributed by atoms with E-state index in [1.165, 1.54) is 13.1 Å². The summed E-state index contributed by atoms with van der Waals surface area (Å²) in [5.74, 6) is -1.24. The molecule has 3 aromatic rings. The monoisotopic (exact) mass is 349 g/mol. The van der Waals surface area contributed by atoms with Crippen molar-refractivity contribution in [2.75, 3.05) is 11.9 Å². The summed E-state index contributed by atoms with van der Waals surface area (Å²) >= 11 is 0. The van der Waals surface area contributed by atoms with Crippen molar-refractivity contribution >= 4 is 34.4 Å². The van der Waals surface area contributed by atoms with Gasteiger partial charge in [0.1, 0.15) is 0 Å². The van der Waals surface area contributed by atoms with Gasteiger partial charge in [-0.15, -0.1) is 0 Å². The zero-order valence-electron chi connectivity index (χ0n) is 13.9. The second-order valence-electron chi connectivity index (χ2n) is 5.52. The van der Waals surface area contributed by atoms with E-state index in [-0.39, 0.29) is 11.3 Å². The Morgan fingerprint density at radius 2 is 1.73 bits per heavy atom. The van der Waals surface area contributed by atoms with Crippen LogP contribution >= 0.6 is 0 Å². The van der Waals surface area contributed by atoms with Gasteiger partial charge in [0.2, 0.25) is 0 Å².